The molecule has 0 aliphatic carbocycles. The fraction of sp³-hybridized carbons (Fsp3) is 0.562. The predicted octanol–water partition coefficient (Wildman–Crippen LogP) is 4.90. The first-order chi connectivity index (χ1) is 9.41. The van der Waals surface area contributed by atoms with Crippen LogP contribution in [0.3, 0.4) is 0 Å². The van der Waals surface area contributed by atoms with Crippen LogP contribution >= 0.6 is 22.7 Å². The van der Waals surface area contributed by atoms with E-state index in [9.17, 15) is 0 Å². The van der Waals surface area contributed by atoms with Crippen molar-refractivity contribution in [2.45, 2.75) is 52.5 Å². The van der Waals surface area contributed by atoms with Crippen LogP contribution in [0.15, 0.2) is 17.5 Å². The third-order valence-corrected chi connectivity index (χ3v) is 5.16. The summed E-state index contributed by atoms with van der Waals surface area (Å²) in [5, 5.41) is 7.03. The van der Waals surface area contributed by atoms with Gasteiger partial charge in [0.25, 0.3) is 0 Å². The molecule has 0 radical (unpaired) electrons. The van der Waals surface area contributed by atoms with Crippen molar-refractivity contribution in [3.63, 3.8) is 0 Å². The van der Waals surface area contributed by atoms with Crippen LogP contribution in [0, 0.1) is 6.92 Å². The van der Waals surface area contributed by atoms with Gasteiger partial charge < -0.3 is 5.32 Å². The highest BCUT2D eigenvalue weighted by molar-refractivity contribution is 7.12. The van der Waals surface area contributed by atoms with Gasteiger partial charge in [0.15, 0.2) is 0 Å². The van der Waals surface area contributed by atoms with Gasteiger partial charge in [-0.3, -0.25) is 0 Å². The summed E-state index contributed by atoms with van der Waals surface area (Å²) in [5.41, 5.74) is 1.31. The van der Waals surface area contributed by atoms with E-state index < -0.39 is 0 Å². The second kappa shape index (κ2) is 6.37. The van der Waals surface area contributed by atoms with Gasteiger partial charge >= 0.3 is 0 Å². The second-order valence-corrected chi connectivity index (χ2v) is 8.37. The summed E-state index contributed by atoms with van der Waals surface area (Å²) in [6, 6.07) is 4.67. The summed E-state index contributed by atoms with van der Waals surface area (Å²) >= 11 is 3.63. The first-order valence-electron chi connectivity index (χ1n) is 7.17. The fourth-order valence-corrected chi connectivity index (χ4v) is 4.14. The van der Waals surface area contributed by atoms with Crippen molar-refractivity contribution in [2.75, 3.05) is 6.54 Å². The third-order valence-electron chi connectivity index (χ3n) is 3.18. The standard InChI is InChI=1S/C16H24N2S2/c1-6-9-17-14(12-8-7-11(2)20-12)15-18-13(10-19-15)16(3,4)5/h7-8,10,14,17H,6,9H2,1-5H3. The Hall–Kier alpha value is -0.710. The van der Waals surface area contributed by atoms with Gasteiger partial charge in [-0.25, -0.2) is 4.98 Å². The summed E-state index contributed by atoms with van der Waals surface area (Å²) in [5.74, 6) is 0. The summed E-state index contributed by atoms with van der Waals surface area (Å²) in [7, 11) is 0. The molecule has 20 heavy (non-hydrogen) atoms. The van der Waals surface area contributed by atoms with E-state index in [0.717, 1.165) is 13.0 Å². The number of nitrogens with one attached hydrogen (secondary N) is 1. The molecule has 2 aromatic rings. The van der Waals surface area contributed by atoms with Crippen LogP contribution in [-0.2, 0) is 5.41 Å². The molecule has 2 heterocycles. The molecule has 0 saturated heterocycles. The highest BCUT2D eigenvalue weighted by Gasteiger charge is 2.23. The summed E-state index contributed by atoms with van der Waals surface area (Å²) in [6.07, 6.45) is 1.14. The summed E-state index contributed by atoms with van der Waals surface area (Å²) in [6.45, 7) is 12.0. The molecular formula is C16H24N2S2. The third kappa shape index (κ3) is 3.68. The van der Waals surface area contributed by atoms with Gasteiger partial charge in [0.05, 0.1) is 11.7 Å². The maximum atomic E-state index is 4.88. The topological polar surface area (TPSA) is 24.9 Å². The lowest BCUT2D eigenvalue weighted by Gasteiger charge is -2.16. The Bertz CT molecular complexity index is 549. The Morgan fingerprint density at radius 3 is 2.55 bits per heavy atom. The largest absolute Gasteiger partial charge is 0.304 e. The van der Waals surface area contributed by atoms with E-state index in [1.807, 2.05) is 11.3 Å². The quantitative estimate of drug-likeness (QED) is 0.850. The van der Waals surface area contributed by atoms with Crippen molar-refractivity contribution in [1.82, 2.24) is 10.3 Å². The van der Waals surface area contributed by atoms with Crippen LogP contribution < -0.4 is 5.32 Å². The van der Waals surface area contributed by atoms with Crippen LogP contribution in [0.1, 0.15) is 60.6 Å². The molecule has 110 valence electrons. The molecule has 0 aromatic carbocycles. The zero-order chi connectivity index (χ0) is 14.8. The monoisotopic (exact) mass is 308 g/mol. The van der Waals surface area contributed by atoms with Crippen molar-refractivity contribution in [3.8, 4) is 0 Å². The fourth-order valence-electron chi connectivity index (χ4n) is 1.97. The van der Waals surface area contributed by atoms with E-state index in [1.165, 1.54) is 20.5 Å². The molecule has 0 aliphatic rings. The maximum absolute atomic E-state index is 4.88. The molecule has 2 nitrogen and oxygen atoms in total. The van der Waals surface area contributed by atoms with Crippen LogP contribution in [0.5, 0.6) is 0 Å². The molecule has 0 aliphatic heterocycles. The molecule has 2 rings (SSSR count). The van der Waals surface area contributed by atoms with E-state index in [4.69, 9.17) is 4.98 Å². The lowest BCUT2D eigenvalue weighted by Crippen LogP contribution is -2.22. The SMILES string of the molecule is CCCNC(c1ccc(C)s1)c1nc(C(C)(C)C)cs1. The van der Waals surface area contributed by atoms with Crippen LogP contribution in [0.4, 0.5) is 0 Å². The van der Waals surface area contributed by atoms with E-state index in [2.05, 4.69) is 57.4 Å². The molecule has 0 fully saturated rings. The molecule has 4 heteroatoms. The number of aryl methyl sites for hydroxylation is 1. The highest BCUT2D eigenvalue weighted by atomic mass is 32.1. The predicted molar refractivity (Wildman–Crippen MR) is 90.0 cm³/mol. The van der Waals surface area contributed by atoms with E-state index >= 15 is 0 Å². The van der Waals surface area contributed by atoms with Crippen LogP contribution in [0.25, 0.3) is 0 Å². The normalized spacial score (nSPS) is 13.7. The van der Waals surface area contributed by atoms with Crippen molar-refractivity contribution in [2.24, 2.45) is 0 Å². The number of aromatic nitrogens is 1. The molecule has 1 N–H and O–H groups in total. The molecular weight excluding hydrogens is 284 g/mol. The Morgan fingerprint density at radius 1 is 1.30 bits per heavy atom. The summed E-state index contributed by atoms with van der Waals surface area (Å²) in [4.78, 5) is 7.61. The van der Waals surface area contributed by atoms with Crippen LogP contribution in [0.2, 0.25) is 0 Å². The number of hydrogen-bond acceptors (Lipinski definition) is 4. The van der Waals surface area contributed by atoms with Gasteiger partial charge in [-0.05, 0) is 32.0 Å². The smallest absolute Gasteiger partial charge is 0.115 e. The average molecular weight is 309 g/mol. The molecule has 1 unspecified atom stereocenters. The van der Waals surface area contributed by atoms with Crippen molar-refractivity contribution in [3.05, 3.63) is 38.0 Å². The maximum Gasteiger partial charge on any atom is 0.115 e. The molecule has 2 aromatic heterocycles. The minimum Gasteiger partial charge on any atom is -0.304 e. The lowest BCUT2D eigenvalue weighted by molar-refractivity contribution is 0.559. The zero-order valence-electron chi connectivity index (χ0n) is 13.0. The minimum atomic E-state index is 0.120. The van der Waals surface area contributed by atoms with E-state index in [-0.39, 0.29) is 11.5 Å². The molecule has 1 atom stereocenters. The first-order valence-corrected chi connectivity index (χ1v) is 8.87. The number of nitrogens with zero attached hydrogens (tertiary/aromatic N) is 1. The zero-order valence-corrected chi connectivity index (χ0v) is 14.6. The molecule has 0 spiro atoms. The minimum absolute atomic E-state index is 0.120. The average Bonchev–Trinajstić information content (AvgIpc) is 2.99. The molecule has 0 saturated carbocycles. The Labute approximate surface area is 130 Å². The van der Waals surface area contributed by atoms with E-state index in [0.29, 0.717) is 0 Å². The number of rotatable bonds is 5. The van der Waals surface area contributed by atoms with Crippen molar-refractivity contribution < 1.29 is 0 Å². The van der Waals surface area contributed by atoms with Gasteiger partial charge in [0.1, 0.15) is 5.01 Å². The molecule has 0 amide bonds. The second-order valence-electron chi connectivity index (χ2n) is 6.16. The first kappa shape index (κ1) is 15.7. The van der Waals surface area contributed by atoms with Crippen molar-refractivity contribution >= 4 is 22.7 Å². The van der Waals surface area contributed by atoms with Crippen molar-refractivity contribution in [1.29, 1.82) is 0 Å². The number of hydrogen-bond donors (Lipinski definition) is 1. The Morgan fingerprint density at radius 2 is 2.05 bits per heavy atom. The van der Waals surface area contributed by atoms with Gasteiger partial charge in [0.2, 0.25) is 0 Å². The van der Waals surface area contributed by atoms with Gasteiger partial charge in [-0.15, -0.1) is 22.7 Å². The van der Waals surface area contributed by atoms with Gasteiger partial charge in [-0.2, -0.15) is 0 Å². The number of thiazole rings is 1. The number of thiophene rings is 1. The Balaban J connectivity index is 2.29. The van der Waals surface area contributed by atoms with E-state index in [1.54, 1.807) is 11.3 Å². The highest BCUT2D eigenvalue weighted by Crippen LogP contribution is 2.32. The lowest BCUT2D eigenvalue weighted by atomic mass is 9.93. The Kier molecular flexibility index (Phi) is 4.99. The van der Waals surface area contributed by atoms with Gasteiger partial charge in [0, 0.05) is 20.5 Å². The summed E-state index contributed by atoms with van der Waals surface area (Å²) < 4.78 is 0. The molecule has 0 bridgehead atoms. The van der Waals surface area contributed by atoms with Crippen LogP contribution in [-0.4, -0.2) is 11.5 Å². The van der Waals surface area contributed by atoms with Gasteiger partial charge in [-0.1, -0.05) is 27.7 Å².